The van der Waals surface area contributed by atoms with Crippen molar-refractivity contribution in [3.63, 3.8) is 0 Å². The molecule has 1 aliphatic carbocycles. The number of hydrogen-bond acceptors (Lipinski definition) is 8. The molecule has 0 radical (unpaired) electrons. The van der Waals surface area contributed by atoms with E-state index in [1.54, 1.807) is 35.2 Å². The number of nitriles is 1. The lowest BCUT2D eigenvalue weighted by Crippen LogP contribution is -2.53. The molecule has 2 amide bonds. The third-order valence-corrected chi connectivity index (χ3v) is 8.08. The molecule has 1 aromatic heterocycles. The van der Waals surface area contributed by atoms with Gasteiger partial charge in [-0.15, -0.1) is 0 Å². The summed E-state index contributed by atoms with van der Waals surface area (Å²) >= 11 is 0. The van der Waals surface area contributed by atoms with Gasteiger partial charge in [0, 0.05) is 24.3 Å². The number of carbonyl (C=O) groups excluding carboxylic acids is 2. The smallest absolute Gasteiger partial charge is 0.383 e. The van der Waals surface area contributed by atoms with Crippen LogP contribution in [-0.2, 0) is 11.0 Å². The minimum absolute atomic E-state index is 0.0963. The molecule has 2 aliphatic heterocycles. The van der Waals surface area contributed by atoms with Gasteiger partial charge in [-0.1, -0.05) is 18.2 Å². The third kappa shape index (κ3) is 5.93. The van der Waals surface area contributed by atoms with E-state index in [1.807, 2.05) is 5.01 Å². The average molecular weight is 603 g/mol. The number of fused-ring (bicyclic) bond motifs is 1. The number of allylic oxidation sites excluding steroid dienone is 1. The van der Waals surface area contributed by atoms with Crippen molar-refractivity contribution in [2.24, 2.45) is 5.92 Å². The lowest BCUT2D eigenvalue weighted by molar-refractivity contribution is -0.137. The van der Waals surface area contributed by atoms with Crippen molar-refractivity contribution in [2.75, 3.05) is 29.1 Å². The van der Waals surface area contributed by atoms with Crippen molar-refractivity contribution in [3.05, 3.63) is 88.8 Å². The van der Waals surface area contributed by atoms with Crippen molar-refractivity contribution in [1.82, 2.24) is 20.3 Å². The number of rotatable bonds is 6. The Bertz CT molecular complexity index is 1650. The Labute approximate surface area is 251 Å². The number of piperidine rings is 1. The standard InChI is InChI=1S/C31H29F3N8O2/c32-31(33,34)22-9-5-20(6-10-22)29(43)39-23-11-7-19(8-12-23)26-25-27(36)37-17-38-28(25)42(40-26)24-2-1-13-41(16-24)30(44)21(15-35)14-18-3-4-18/h5-12,14,17-18,24,26,40H,1-4,13,16H2,(H,39,43)(H2,36,37,38)/b21-14+/t24-,26?/m1/s1. The van der Waals surface area contributed by atoms with E-state index in [0.717, 1.165) is 55.5 Å². The minimum Gasteiger partial charge on any atom is -0.383 e. The maximum absolute atomic E-state index is 13.2. The van der Waals surface area contributed by atoms with Gasteiger partial charge >= 0.3 is 6.18 Å². The summed E-state index contributed by atoms with van der Waals surface area (Å²) in [6, 6.07) is 12.5. The molecule has 6 rings (SSSR count). The van der Waals surface area contributed by atoms with Crippen LogP contribution in [-0.4, -0.2) is 45.8 Å². The molecule has 1 unspecified atom stereocenters. The topological polar surface area (TPSA) is 140 Å². The number of nitrogens with two attached hydrogens (primary N) is 1. The molecule has 2 fully saturated rings. The second-order valence-corrected chi connectivity index (χ2v) is 11.2. The second-order valence-electron chi connectivity index (χ2n) is 11.2. The van der Waals surface area contributed by atoms with Gasteiger partial charge in [-0.2, -0.15) is 18.4 Å². The normalized spacial score (nSPS) is 20.2. The maximum Gasteiger partial charge on any atom is 0.416 e. The second kappa shape index (κ2) is 11.6. The number of hydrazine groups is 1. The number of nitrogen functional groups attached to an aromatic ring is 1. The van der Waals surface area contributed by atoms with Crippen LogP contribution in [0.3, 0.4) is 0 Å². The number of amides is 2. The third-order valence-electron chi connectivity index (χ3n) is 8.08. The molecule has 0 spiro atoms. The molecule has 13 heteroatoms. The van der Waals surface area contributed by atoms with Crippen LogP contribution in [0.25, 0.3) is 0 Å². The van der Waals surface area contributed by atoms with Gasteiger partial charge in [0.05, 0.1) is 23.2 Å². The van der Waals surface area contributed by atoms with Gasteiger partial charge < -0.3 is 16.0 Å². The van der Waals surface area contributed by atoms with Gasteiger partial charge in [0.25, 0.3) is 11.8 Å². The molecule has 1 saturated heterocycles. The van der Waals surface area contributed by atoms with Crippen LogP contribution < -0.4 is 21.5 Å². The lowest BCUT2D eigenvalue weighted by atomic mass is 10.0. The SMILES string of the molecule is N#C/C(=C\C1CC1)C(=O)N1CCC[C@@H](N2NC(c3ccc(NC(=O)c4ccc(C(F)(F)F)cc4)cc3)c3c(N)ncnc32)C1. The molecule has 3 heterocycles. The molecule has 3 aromatic rings. The first-order valence-electron chi connectivity index (χ1n) is 14.3. The van der Waals surface area contributed by atoms with Gasteiger partial charge in [0.15, 0.2) is 5.82 Å². The largest absolute Gasteiger partial charge is 0.416 e. The van der Waals surface area contributed by atoms with Gasteiger partial charge in [-0.25, -0.2) is 15.4 Å². The summed E-state index contributed by atoms with van der Waals surface area (Å²) in [6.07, 6.45) is 2.25. The molecular weight excluding hydrogens is 573 g/mol. The van der Waals surface area contributed by atoms with Crippen LogP contribution in [0.4, 0.5) is 30.5 Å². The highest BCUT2D eigenvalue weighted by Gasteiger charge is 2.39. The van der Waals surface area contributed by atoms with E-state index in [0.29, 0.717) is 41.9 Å². The Morgan fingerprint density at radius 1 is 1.07 bits per heavy atom. The Hall–Kier alpha value is -4.96. The number of aromatic nitrogens is 2. The summed E-state index contributed by atoms with van der Waals surface area (Å²) in [7, 11) is 0. The van der Waals surface area contributed by atoms with Crippen LogP contribution in [0.1, 0.15) is 58.8 Å². The minimum atomic E-state index is -4.48. The molecule has 44 heavy (non-hydrogen) atoms. The summed E-state index contributed by atoms with van der Waals surface area (Å²) in [6.45, 7) is 0.967. The molecule has 2 atom stereocenters. The van der Waals surface area contributed by atoms with Crippen molar-refractivity contribution >= 4 is 29.1 Å². The highest BCUT2D eigenvalue weighted by Crippen LogP contribution is 2.40. The Morgan fingerprint density at radius 2 is 1.80 bits per heavy atom. The molecule has 1 saturated carbocycles. The molecule has 226 valence electrons. The molecule has 10 nitrogen and oxygen atoms in total. The highest BCUT2D eigenvalue weighted by atomic mass is 19.4. The number of benzene rings is 2. The summed E-state index contributed by atoms with van der Waals surface area (Å²) in [5.41, 5.74) is 11.2. The summed E-state index contributed by atoms with van der Waals surface area (Å²) in [5.74, 6) is 0.429. The van der Waals surface area contributed by atoms with Crippen molar-refractivity contribution in [1.29, 1.82) is 5.26 Å². The first-order chi connectivity index (χ1) is 21.1. The monoisotopic (exact) mass is 602 g/mol. The predicted octanol–water partition coefficient (Wildman–Crippen LogP) is 4.59. The van der Waals surface area contributed by atoms with Crippen molar-refractivity contribution in [2.45, 2.75) is 43.9 Å². The molecule has 4 N–H and O–H groups in total. The highest BCUT2D eigenvalue weighted by molar-refractivity contribution is 6.04. The lowest BCUT2D eigenvalue weighted by Gasteiger charge is -2.38. The van der Waals surface area contributed by atoms with Crippen molar-refractivity contribution < 1.29 is 22.8 Å². The molecule has 2 aromatic carbocycles. The number of carbonyl (C=O) groups is 2. The van der Waals surface area contributed by atoms with E-state index < -0.39 is 23.7 Å². The average Bonchev–Trinajstić information content (AvgIpc) is 3.76. The van der Waals surface area contributed by atoms with E-state index in [2.05, 4.69) is 26.8 Å². The summed E-state index contributed by atoms with van der Waals surface area (Å²) in [4.78, 5) is 36.2. The quantitative estimate of drug-likeness (QED) is 0.275. The summed E-state index contributed by atoms with van der Waals surface area (Å²) in [5, 5.41) is 14.2. The maximum atomic E-state index is 13.2. The zero-order valence-corrected chi connectivity index (χ0v) is 23.5. The zero-order chi connectivity index (χ0) is 31.0. The molecular formula is C31H29F3N8O2. The van der Waals surface area contributed by atoms with Gasteiger partial charge in [-0.05, 0) is 73.6 Å². The van der Waals surface area contributed by atoms with Gasteiger partial charge in [-0.3, -0.25) is 14.6 Å². The Morgan fingerprint density at radius 3 is 2.45 bits per heavy atom. The van der Waals surface area contributed by atoms with Crippen molar-refractivity contribution in [3.8, 4) is 6.07 Å². The van der Waals surface area contributed by atoms with Crippen LogP contribution in [0, 0.1) is 17.2 Å². The Kier molecular flexibility index (Phi) is 7.69. The van der Waals surface area contributed by atoms with E-state index in [4.69, 9.17) is 5.73 Å². The Balaban J connectivity index is 1.17. The number of anilines is 3. The number of nitrogens with zero attached hydrogens (tertiary/aromatic N) is 5. The van der Waals surface area contributed by atoms with E-state index in [1.165, 1.54) is 6.33 Å². The first kappa shape index (κ1) is 29.1. The fraction of sp³-hybridized carbons (Fsp3) is 0.323. The van der Waals surface area contributed by atoms with Crippen LogP contribution in [0.5, 0.6) is 0 Å². The first-order valence-corrected chi connectivity index (χ1v) is 14.3. The fourth-order valence-corrected chi connectivity index (χ4v) is 5.60. The van der Waals surface area contributed by atoms with Crippen LogP contribution in [0.15, 0.2) is 66.5 Å². The van der Waals surface area contributed by atoms with Crippen LogP contribution in [0.2, 0.25) is 0 Å². The number of likely N-dealkylation sites (tertiary alicyclic amines) is 1. The number of hydrogen-bond donors (Lipinski definition) is 3. The van der Waals surface area contributed by atoms with E-state index in [9.17, 15) is 28.0 Å². The van der Waals surface area contributed by atoms with E-state index >= 15 is 0 Å². The van der Waals surface area contributed by atoms with Crippen LogP contribution >= 0.6 is 0 Å². The number of halogens is 3. The molecule has 0 bridgehead atoms. The number of nitrogens with one attached hydrogen (secondary N) is 2. The number of alkyl halides is 3. The van der Waals surface area contributed by atoms with E-state index in [-0.39, 0.29) is 23.1 Å². The zero-order valence-electron chi connectivity index (χ0n) is 23.5. The fourth-order valence-electron chi connectivity index (χ4n) is 5.60. The predicted molar refractivity (Wildman–Crippen MR) is 156 cm³/mol. The summed E-state index contributed by atoms with van der Waals surface area (Å²) < 4.78 is 38.6. The van der Waals surface area contributed by atoms with Gasteiger partial charge in [0.2, 0.25) is 0 Å². The van der Waals surface area contributed by atoms with Gasteiger partial charge in [0.1, 0.15) is 23.8 Å². The molecule has 3 aliphatic rings.